The Morgan fingerprint density at radius 3 is 1.52 bits per heavy atom. The molecule has 0 nitrogen and oxygen atoms in total. The van der Waals surface area contributed by atoms with E-state index in [0.717, 1.165) is 32.3 Å². The van der Waals surface area contributed by atoms with Crippen LogP contribution in [0.15, 0.2) is 66.7 Å². The molecule has 0 radical (unpaired) electrons. The fraction of sp³-hybridized carbons (Fsp3) is 0.200. The summed E-state index contributed by atoms with van der Waals surface area (Å²) in [5.74, 6) is 0. The Balaban J connectivity index is 2.14. The summed E-state index contributed by atoms with van der Waals surface area (Å²) in [6, 6.07) is 23.8. The third-order valence-electron chi connectivity index (χ3n) is 6.81. The van der Waals surface area contributed by atoms with Gasteiger partial charge in [0, 0.05) is 10.0 Å². The van der Waals surface area contributed by atoms with Crippen LogP contribution >= 0.6 is 23.2 Å². The van der Waals surface area contributed by atoms with Crippen molar-refractivity contribution >= 4 is 46.3 Å². The quantitative estimate of drug-likeness (QED) is 0.281. The Morgan fingerprint density at radius 2 is 1.00 bits per heavy atom. The highest BCUT2D eigenvalue weighted by atomic mass is 35.5. The van der Waals surface area contributed by atoms with Gasteiger partial charge >= 0.3 is 0 Å². The maximum atomic E-state index is 6.84. The Morgan fingerprint density at radius 1 is 0.545 bits per heavy atom. The minimum atomic E-state index is 0.0117. The first kappa shape index (κ1) is 23.7. The van der Waals surface area contributed by atoms with Crippen LogP contribution in [0.1, 0.15) is 33.4 Å². The van der Waals surface area contributed by atoms with E-state index in [0.29, 0.717) is 0 Å². The SMILES string of the molecule is Cc1cc(C)c(B(c2ccccc2-c2ccccc2)c2c(C)cc(C)c(Cl)c2C)c(C)c1Cl. The van der Waals surface area contributed by atoms with Crippen LogP contribution in [0.2, 0.25) is 10.0 Å². The second-order valence-corrected chi connectivity index (χ2v) is 9.87. The minimum Gasteiger partial charge on any atom is -0.0838 e. The molecule has 3 heteroatoms. The van der Waals surface area contributed by atoms with E-state index in [2.05, 4.69) is 108 Å². The highest BCUT2D eigenvalue weighted by molar-refractivity contribution is 6.97. The van der Waals surface area contributed by atoms with Crippen molar-refractivity contribution in [3.63, 3.8) is 0 Å². The van der Waals surface area contributed by atoms with Crippen molar-refractivity contribution in [1.29, 1.82) is 0 Å². The van der Waals surface area contributed by atoms with Crippen molar-refractivity contribution < 1.29 is 0 Å². The molecule has 4 aromatic carbocycles. The summed E-state index contributed by atoms with van der Waals surface area (Å²) < 4.78 is 0. The number of aryl methyl sites for hydroxylation is 4. The summed E-state index contributed by atoms with van der Waals surface area (Å²) in [5.41, 5.74) is 13.2. The van der Waals surface area contributed by atoms with Crippen LogP contribution in [-0.2, 0) is 0 Å². The fourth-order valence-electron chi connectivity index (χ4n) is 5.32. The van der Waals surface area contributed by atoms with Crippen LogP contribution in [0.25, 0.3) is 11.1 Å². The Labute approximate surface area is 208 Å². The van der Waals surface area contributed by atoms with Crippen molar-refractivity contribution in [2.75, 3.05) is 0 Å². The van der Waals surface area contributed by atoms with Gasteiger partial charge in [-0.05, 0) is 74.9 Å². The van der Waals surface area contributed by atoms with E-state index in [1.54, 1.807) is 0 Å². The van der Waals surface area contributed by atoms with Gasteiger partial charge in [0.1, 0.15) is 0 Å². The summed E-state index contributed by atoms with van der Waals surface area (Å²) in [4.78, 5) is 0. The van der Waals surface area contributed by atoms with E-state index in [-0.39, 0.29) is 6.71 Å². The highest BCUT2D eigenvalue weighted by Crippen LogP contribution is 2.26. The molecule has 0 saturated heterocycles. The maximum absolute atomic E-state index is 6.84. The number of hydrogen-bond donors (Lipinski definition) is 0. The molecule has 0 fully saturated rings. The van der Waals surface area contributed by atoms with E-state index in [1.165, 1.54) is 38.6 Å². The van der Waals surface area contributed by atoms with Gasteiger partial charge < -0.3 is 0 Å². The van der Waals surface area contributed by atoms with Gasteiger partial charge in [0.25, 0.3) is 0 Å². The van der Waals surface area contributed by atoms with Crippen molar-refractivity contribution in [2.24, 2.45) is 0 Å². The van der Waals surface area contributed by atoms with Crippen molar-refractivity contribution in [3.05, 3.63) is 110 Å². The lowest BCUT2D eigenvalue weighted by Gasteiger charge is -2.27. The molecule has 4 rings (SSSR count). The number of hydrogen-bond acceptors (Lipinski definition) is 0. The van der Waals surface area contributed by atoms with Gasteiger partial charge in [0.2, 0.25) is 6.71 Å². The van der Waals surface area contributed by atoms with Gasteiger partial charge in [-0.1, -0.05) is 117 Å². The topological polar surface area (TPSA) is 0 Å². The van der Waals surface area contributed by atoms with E-state index < -0.39 is 0 Å². The van der Waals surface area contributed by atoms with Gasteiger partial charge in [-0.15, -0.1) is 0 Å². The van der Waals surface area contributed by atoms with Crippen molar-refractivity contribution in [1.82, 2.24) is 0 Å². The zero-order valence-corrected chi connectivity index (χ0v) is 21.7. The van der Waals surface area contributed by atoms with E-state index in [4.69, 9.17) is 23.2 Å². The van der Waals surface area contributed by atoms with Crippen molar-refractivity contribution in [2.45, 2.75) is 41.5 Å². The average Bonchev–Trinajstić information content (AvgIpc) is 2.81. The zero-order chi connectivity index (χ0) is 23.9. The lowest BCUT2D eigenvalue weighted by Crippen LogP contribution is -2.56. The maximum Gasteiger partial charge on any atom is 0.243 e. The normalized spacial score (nSPS) is 11.0. The lowest BCUT2D eigenvalue weighted by atomic mass is 9.33. The summed E-state index contributed by atoms with van der Waals surface area (Å²) in [6.07, 6.45) is 0. The van der Waals surface area contributed by atoms with Crippen LogP contribution < -0.4 is 16.4 Å². The summed E-state index contributed by atoms with van der Waals surface area (Å²) >= 11 is 13.7. The van der Waals surface area contributed by atoms with Gasteiger partial charge in [0.05, 0.1) is 0 Å². The lowest BCUT2D eigenvalue weighted by molar-refractivity contribution is 1.34. The molecule has 0 aliphatic carbocycles. The first-order chi connectivity index (χ1) is 15.7. The molecule has 0 spiro atoms. The second-order valence-electron chi connectivity index (χ2n) is 9.11. The Bertz CT molecular complexity index is 1280. The molecular formula is C30H29BCl2. The van der Waals surface area contributed by atoms with Crippen LogP contribution in [0.5, 0.6) is 0 Å². The summed E-state index contributed by atoms with van der Waals surface area (Å²) in [6.45, 7) is 12.9. The number of benzene rings is 4. The van der Waals surface area contributed by atoms with Gasteiger partial charge in [0.15, 0.2) is 0 Å². The second kappa shape index (κ2) is 9.41. The standard InChI is InChI=1S/C30H29BCl2/c1-18-16-20(3)29(32)22(5)27(18)31(28-19(2)17-21(4)30(33)23(28)6)26-15-11-10-14-25(26)24-12-8-7-9-13-24/h7-17H,1-6H3. The molecule has 0 unspecified atom stereocenters. The zero-order valence-electron chi connectivity index (χ0n) is 20.2. The molecule has 0 N–H and O–H groups in total. The van der Waals surface area contributed by atoms with Crippen molar-refractivity contribution in [3.8, 4) is 11.1 Å². The molecule has 0 atom stereocenters. The summed E-state index contributed by atoms with van der Waals surface area (Å²) in [5, 5.41) is 1.68. The molecule has 33 heavy (non-hydrogen) atoms. The molecule has 0 aliphatic rings. The first-order valence-corrected chi connectivity index (χ1v) is 12.1. The largest absolute Gasteiger partial charge is 0.243 e. The monoisotopic (exact) mass is 470 g/mol. The predicted octanol–water partition coefficient (Wildman–Crippen LogP) is 7.03. The third kappa shape index (κ3) is 4.25. The number of halogens is 2. The van der Waals surface area contributed by atoms with Crippen LogP contribution in [0, 0.1) is 41.5 Å². The number of rotatable bonds is 4. The fourth-order valence-corrected chi connectivity index (χ4v) is 5.64. The van der Waals surface area contributed by atoms with Crippen LogP contribution in [0.3, 0.4) is 0 Å². The molecule has 0 aliphatic heterocycles. The third-order valence-corrected chi connectivity index (χ3v) is 7.97. The molecule has 0 heterocycles. The average molecular weight is 471 g/mol. The van der Waals surface area contributed by atoms with E-state index >= 15 is 0 Å². The first-order valence-electron chi connectivity index (χ1n) is 11.4. The van der Waals surface area contributed by atoms with E-state index in [9.17, 15) is 0 Å². The molecular weight excluding hydrogens is 442 g/mol. The van der Waals surface area contributed by atoms with Gasteiger partial charge in [-0.25, -0.2) is 0 Å². The molecule has 166 valence electrons. The molecule has 4 aromatic rings. The van der Waals surface area contributed by atoms with Crippen LogP contribution in [-0.4, -0.2) is 6.71 Å². The predicted molar refractivity (Wildman–Crippen MR) is 148 cm³/mol. The Kier molecular flexibility index (Phi) is 6.75. The molecule has 0 bridgehead atoms. The van der Waals surface area contributed by atoms with E-state index in [1.807, 2.05) is 0 Å². The van der Waals surface area contributed by atoms with Gasteiger partial charge in [-0.2, -0.15) is 0 Å². The molecule has 0 amide bonds. The smallest absolute Gasteiger partial charge is 0.0838 e. The Hall–Kier alpha value is -2.48. The molecule has 0 saturated carbocycles. The molecule has 0 aromatic heterocycles. The minimum absolute atomic E-state index is 0.0117. The summed E-state index contributed by atoms with van der Waals surface area (Å²) in [7, 11) is 0. The highest BCUT2D eigenvalue weighted by Gasteiger charge is 2.32. The van der Waals surface area contributed by atoms with Gasteiger partial charge in [-0.3, -0.25) is 0 Å². The van der Waals surface area contributed by atoms with Crippen LogP contribution in [0.4, 0.5) is 0 Å².